The number of hydrogen-bond donors (Lipinski definition) is 0. The summed E-state index contributed by atoms with van der Waals surface area (Å²) in [6, 6.07) is 17.2. The van der Waals surface area contributed by atoms with Crippen molar-refractivity contribution in [3.8, 4) is 0 Å². The van der Waals surface area contributed by atoms with Crippen molar-refractivity contribution in [2.24, 2.45) is 0 Å². The molecule has 1 aliphatic rings. The molecule has 0 radical (unpaired) electrons. The molecule has 0 amide bonds. The van der Waals surface area contributed by atoms with Crippen LogP contribution in [0.3, 0.4) is 0 Å². The molecule has 1 aliphatic heterocycles. The molecule has 0 saturated carbocycles. The van der Waals surface area contributed by atoms with E-state index in [0.29, 0.717) is 24.7 Å². The molecule has 0 aliphatic carbocycles. The molecular weight excluding hydrogens is 366 g/mol. The van der Waals surface area contributed by atoms with Gasteiger partial charge in [-0.05, 0) is 47.2 Å². The predicted octanol–water partition coefficient (Wildman–Crippen LogP) is 4.27. The first-order valence-corrected chi connectivity index (χ1v) is 11.1. The number of ether oxygens (including phenoxy) is 1. The van der Waals surface area contributed by atoms with Crippen LogP contribution in [0.1, 0.15) is 17.7 Å². The highest BCUT2D eigenvalue weighted by molar-refractivity contribution is 7.89. The summed E-state index contributed by atoms with van der Waals surface area (Å²) in [7, 11) is -3.58. The Balaban J connectivity index is 1.73. The zero-order valence-electron chi connectivity index (χ0n) is 14.4. The SMILES string of the molecule is O=S(=O)(c1ccc2ccccc2c1)N(Cc1cccs1)C1CCOCC1. The lowest BCUT2D eigenvalue weighted by Gasteiger charge is -2.33. The third kappa shape index (κ3) is 3.55. The van der Waals surface area contributed by atoms with Crippen LogP contribution in [0.15, 0.2) is 64.9 Å². The van der Waals surface area contributed by atoms with Gasteiger partial charge in [0.05, 0.1) is 4.90 Å². The molecule has 0 spiro atoms. The van der Waals surface area contributed by atoms with Gasteiger partial charge in [0.2, 0.25) is 10.0 Å². The highest BCUT2D eigenvalue weighted by Crippen LogP contribution is 2.28. The van der Waals surface area contributed by atoms with Crippen molar-refractivity contribution in [1.82, 2.24) is 4.31 Å². The fourth-order valence-electron chi connectivity index (χ4n) is 3.40. The second-order valence-electron chi connectivity index (χ2n) is 6.48. The van der Waals surface area contributed by atoms with Crippen molar-refractivity contribution in [3.63, 3.8) is 0 Å². The zero-order valence-corrected chi connectivity index (χ0v) is 16.0. The molecule has 1 saturated heterocycles. The van der Waals surface area contributed by atoms with Crippen molar-refractivity contribution < 1.29 is 13.2 Å². The molecular formula is C20H21NO3S2. The molecule has 4 rings (SSSR count). The topological polar surface area (TPSA) is 46.6 Å². The summed E-state index contributed by atoms with van der Waals surface area (Å²) >= 11 is 1.59. The minimum absolute atomic E-state index is 0.0256. The number of rotatable bonds is 5. The van der Waals surface area contributed by atoms with Crippen molar-refractivity contribution in [3.05, 3.63) is 64.9 Å². The van der Waals surface area contributed by atoms with Crippen LogP contribution in [0.5, 0.6) is 0 Å². The van der Waals surface area contributed by atoms with E-state index < -0.39 is 10.0 Å². The molecule has 4 nitrogen and oxygen atoms in total. The molecule has 0 atom stereocenters. The molecule has 0 unspecified atom stereocenters. The fourth-order valence-corrected chi connectivity index (χ4v) is 5.89. The highest BCUT2D eigenvalue weighted by atomic mass is 32.2. The number of fused-ring (bicyclic) bond motifs is 1. The quantitative estimate of drug-likeness (QED) is 0.657. The summed E-state index contributed by atoms with van der Waals surface area (Å²) in [6.45, 7) is 1.63. The Morgan fingerprint density at radius 1 is 1.00 bits per heavy atom. The zero-order chi connectivity index (χ0) is 18.0. The van der Waals surface area contributed by atoms with Gasteiger partial charge in [0.15, 0.2) is 0 Å². The lowest BCUT2D eigenvalue weighted by Crippen LogP contribution is -2.42. The molecule has 1 aromatic heterocycles. The van der Waals surface area contributed by atoms with Crippen LogP contribution in [-0.2, 0) is 21.3 Å². The second kappa shape index (κ2) is 7.48. The molecule has 136 valence electrons. The summed E-state index contributed by atoms with van der Waals surface area (Å²) in [6.07, 6.45) is 1.47. The van der Waals surface area contributed by atoms with Crippen LogP contribution in [0.25, 0.3) is 10.8 Å². The molecule has 26 heavy (non-hydrogen) atoms. The van der Waals surface area contributed by atoms with Crippen LogP contribution in [-0.4, -0.2) is 32.0 Å². The molecule has 1 fully saturated rings. The first kappa shape index (κ1) is 17.7. The largest absolute Gasteiger partial charge is 0.381 e. The maximum Gasteiger partial charge on any atom is 0.243 e. The minimum atomic E-state index is -3.58. The van der Waals surface area contributed by atoms with Gasteiger partial charge in [-0.1, -0.05) is 36.4 Å². The van der Waals surface area contributed by atoms with Gasteiger partial charge in [-0.3, -0.25) is 0 Å². The average Bonchev–Trinajstić information content (AvgIpc) is 3.19. The van der Waals surface area contributed by atoms with Crippen LogP contribution < -0.4 is 0 Å². The number of sulfonamides is 1. The molecule has 0 bridgehead atoms. The van der Waals surface area contributed by atoms with Gasteiger partial charge < -0.3 is 4.74 Å². The lowest BCUT2D eigenvalue weighted by molar-refractivity contribution is 0.0571. The van der Waals surface area contributed by atoms with E-state index in [9.17, 15) is 8.42 Å². The van der Waals surface area contributed by atoms with Gasteiger partial charge in [0.1, 0.15) is 0 Å². The summed E-state index contributed by atoms with van der Waals surface area (Å²) < 4.78 is 34.1. The van der Waals surface area contributed by atoms with E-state index in [1.807, 2.05) is 47.8 Å². The third-order valence-electron chi connectivity index (χ3n) is 4.82. The van der Waals surface area contributed by atoms with E-state index >= 15 is 0 Å². The summed E-state index contributed by atoms with van der Waals surface area (Å²) in [5, 5.41) is 3.97. The van der Waals surface area contributed by atoms with Crippen molar-refractivity contribution >= 4 is 32.1 Å². The second-order valence-corrected chi connectivity index (χ2v) is 9.40. The third-order valence-corrected chi connectivity index (χ3v) is 7.57. The van der Waals surface area contributed by atoms with Gasteiger partial charge in [-0.15, -0.1) is 11.3 Å². The smallest absolute Gasteiger partial charge is 0.243 e. The van der Waals surface area contributed by atoms with Gasteiger partial charge >= 0.3 is 0 Å². The fraction of sp³-hybridized carbons (Fsp3) is 0.300. The van der Waals surface area contributed by atoms with E-state index in [0.717, 1.165) is 28.5 Å². The monoisotopic (exact) mass is 387 g/mol. The maximum absolute atomic E-state index is 13.5. The van der Waals surface area contributed by atoms with Gasteiger partial charge in [0, 0.05) is 30.7 Å². The summed E-state index contributed by atoms with van der Waals surface area (Å²) in [4.78, 5) is 1.42. The van der Waals surface area contributed by atoms with Crippen molar-refractivity contribution in [2.75, 3.05) is 13.2 Å². The predicted molar refractivity (Wildman–Crippen MR) is 105 cm³/mol. The first-order chi connectivity index (χ1) is 12.6. The van der Waals surface area contributed by atoms with Crippen LogP contribution in [0.2, 0.25) is 0 Å². The number of benzene rings is 2. The Labute approximate surface area is 158 Å². The minimum Gasteiger partial charge on any atom is -0.381 e. The molecule has 6 heteroatoms. The number of nitrogens with zero attached hydrogens (tertiary/aromatic N) is 1. The van der Waals surface area contributed by atoms with E-state index in [1.165, 1.54) is 0 Å². The van der Waals surface area contributed by atoms with Crippen LogP contribution in [0, 0.1) is 0 Å². The average molecular weight is 388 g/mol. The molecule has 3 aromatic rings. The van der Waals surface area contributed by atoms with Crippen LogP contribution in [0.4, 0.5) is 0 Å². The number of thiophene rings is 1. The summed E-state index contributed by atoms with van der Waals surface area (Å²) in [5.74, 6) is 0. The van der Waals surface area contributed by atoms with Gasteiger partial charge in [-0.25, -0.2) is 8.42 Å². The van der Waals surface area contributed by atoms with Gasteiger partial charge in [-0.2, -0.15) is 4.31 Å². The lowest BCUT2D eigenvalue weighted by atomic mass is 10.1. The van der Waals surface area contributed by atoms with Crippen LogP contribution >= 0.6 is 11.3 Å². The van der Waals surface area contributed by atoms with Crippen molar-refractivity contribution in [1.29, 1.82) is 0 Å². The van der Waals surface area contributed by atoms with E-state index in [2.05, 4.69) is 0 Å². The first-order valence-electron chi connectivity index (χ1n) is 8.75. The Morgan fingerprint density at radius 3 is 2.50 bits per heavy atom. The summed E-state index contributed by atoms with van der Waals surface area (Å²) in [5.41, 5.74) is 0. The standard InChI is InChI=1S/C20H21NO3S2/c22-26(23,20-8-7-16-4-1-2-5-17(16)14-20)21(15-19-6-3-13-25-19)18-9-11-24-12-10-18/h1-8,13-14,18H,9-12,15H2. The Morgan fingerprint density at radius 2 is 1.77 bits per heavy atom. The Bertz CT molecular complexity index is 977. The Kier molecular flexibility index (Phi) is 5.09. The molecule has 0 N–H and O–H groups in total. The van der Waals surface area contributed by atoms with E-state index in [-0.39, 0.29) is 6.04 Å². The molecule has 2 heterocycles. The normalized spacial score (nSPS) is 16.3. The maximum atomic E-state index is 13.5. The highest BCUT2D eigenvalue weighted by Gasteiger charge is 2.33. The van der Waals surface area contributed by atoms with E-state index in [4.69, 9.17) is 4.74 Å². The van der Waals surface area contributed by atoms with Crippen molar-refractivity contribution in [2.45, 2.75) is 30.3 Å². The molecule has 2 aromatic carbocycles. The Hall–Kier alpha value is -1.73. The van der Waals surface area contributed by atoms with Gasteiger partial charge in [0.25, 0.3) is 0 Å². The van der Waals surface area contributed by atoms with E-state index in [1.54, 1.807) is 27.8 Å². The number of hydrogen-bond acceptors (Lipinski definition) is 4.